The number of amides is 1. The summed E-state index contributed by atoms with van der Waals surface area (Å²) < 4.78 is 15.7. The van der Waals surface area contributed by atoms with Crippen LogP contribution in [0, 0.1) is 17.1 Å². The number of hydrogen-bond acceptors (Lipinski definition) is 5. The highest BCUT2D eigenvalue weighted by atomic mass is 19.1. The third-order valence-electron chi connectivity index (χ3n) is 3.52. The topological polar surface area (TPSA) is 92.0 Å². The summed E-state index contributed by atoms with van der Waals surface area (Å²) in [5.41, 5.74) is 5.39. The van der Waals surface area contributed by atoms with Crippen LogP contribution >= 0.6 is 0 Å². The highest BCUT2D eigenvalue weighted by Crippen LogP contribution is 2.24. The smallest absolute Gasteiger partial charge is 0.217 e. The summed E-state index contributed by atoms with van der Waals surface area (Å²) in [6.07, 6.45) is 2.82. The number of aromatic nitrogens is 2. The van der Waals surface area contributed by atoms with Gasteiger partial charge in [-0.1, -0.05) is 6.07 Å². The first-order valence-corrected chi connectivity index (χ1v) is 7.18. The van der Waals surface area contributed by atoms with E-state index in [4.69, 9.17) is 10.1 Å². The summed E-state index contributed by atoms with van der Waals surface area (Å²) in [7, 11) is 0. The fraction of sp³-hybridized carbons (Fsp3) is 0.188. The maximum absolute atomic E-state index is 14.4. The van der Waals surface area contributed by atoms with Crippen LogP contribution in [0.1, 0.15) is 18.1 Å². The van der Waals surface area contributed by atoms with E-state index in [1.165, 1.54) is 30.1 Å². The number of carbonyl (C=O) groups is 1. The average Bonchev–Trinajstić information content (AvgIpc) is 3.21. The van der Waals surface area contributed by atoms with Crippen molar-refractivity contribution in [2.24, 2.45) is 0 Å². The molecule has 24 heavy (non-hydrogen) atoms. The summed E-state index contributed by atoms with van der Waals surface area (Å²) in [6, 6.07) is 6.59. The summed E-state index contributed by atoms with van der Waals surface area (Å²) in [5.74, 6) is -0.637. The molecule has 0 radical (unpaired) electrons. The van der Waals surface area contributed by atoms with Crippen LogP contribution in [0.3, 0.4) is 0 Å². The number of hydrogen-bond donors (Lipinski definition) is 2. The third kappa shape index (κ3) is 3.11. The molecular formula is C16H14FN5O2. The van der Waals surface area contributed by atoms with Crippen molar-refractivity contribution >= 4 is 11.6 Å². The second-order valence-electron chi connectivity index (χ2n) is 5.23. The van der Waals surface area contributed by atoms with E-state index in [0.29, 0.717) is 30.0 Å². The number of carbonyl (C=O) groups excluding carboxylic acids is 1. The number of nitriles is 1. The molecule has 1 aliphatic heterocycles. The van der Waals surface area contributed by atoms with Gasteiger partial charge in [-0.05, 0) is 12.1 Å². The molecule has 0 saturated carbocycles. The maximum atomic E-state index is 14.4. The van der Waals surface area contributed by atoms with Gasteiger partial charge < -0.3 is 5.32 Å². The number of nitrogens with one attached hydrogen (secondary N) is 2. The van der Waals surface area contributed by atoms with Gasteiger partial charge in [0.2, 0.25) is 5.91 Å². The van der Waals surface area contributed by atoms with Crippen molar-refractivity contribution < 1.29 is 14.0 Å². The minimum Gasteiger partial charge on any atom is -0.352 e. The molecule has 0 fully saturated rings. The molecular weight excluding hydrogens is 313 g/mol. The van der Waals surface area contributed by atoms with Crippen LogP contribution in [-0.4, -0.2) is 28.8 Å². The lowest BCUT2D eigenvalue weighted by Gasteiger charge is -2.09. The maximum Gasteiger partial charge on any atom is 0.217 e. The van der Waals surface area contributed by atoms with Gasteiger partial charge in [-0.15, -0.1) is 0 Å². The first-order valence-electron chi connectivity index (χ1n) is 7.18. The van der Waals surface area contributed by atoms with E-state index in [-0.39, 0.29) is 11.6 Å². The Kier molecular flexibility index (Phi) is 4.26. The fourth-order valence-electron chi connectivity index (χ4n) is 2.33. The molecule has 3 rings (SSSR count). The Balaban J connectivity index is 1.90. The van der Waals surface area contributed by atoms with Crippen molar-refractivity contribution in [2.75, 3.05) is 13.2 Å². The molecule has 1 amide bonds. The number of hydroxylamine groups is 1. The molecule has 1 aromatic heterocycles. The van der Waals surface area contributed by atoms with Gasteiger partial charge in [0.15, 0.2) is 0 Å². The van der Waals surface area contributed by atoms with Crippen LogP contribution in [-0.2, 0) is 9.63 Å². The number of benzene rings is 1. The van der Waals surface area contributed by atoms with Crippen molar-refractivity contribution in [3.05, 3.63) is 53.1 Å². The first kappa shape index (κ1) is 15.7. The predicted octanol–water partition coefficient (Wildman–Crippen LogP) is 1.27. The molecule has 0 unspecified atom stereocenters. The molecule has 2 aromatic rings. The van der Waals surface area contributed by atoms with Gasteiger partial charge in [-0.25, -0.2) is 9.07 Å². The number of nitrogens with zero attached hydrogens (tertiary/aromatic N) is 3. The Morgan fingerprint density at radius 2 is 2.42 bits per heavy atom. The first-order chi connectivity index (χ1) is 11.6. The van der Waals surface area contributed by atoms with Crippen LogP contribution in [0.25, 0.3) is 11.4 Å². The standard InChI is InChI=1S/C16H14FN5O2/c1-10(23)19-7-13-9-24-21-16(13)12-2-3-15(14(17)4-12)22-8-11(5-18)6-20-22/h2-4,6,8,21H,7,9H2,1H3,(H,19,23). The van der Waals surface area contributed by atoms with Crippen LogP contribution in [0.5, 0.6) is 0 Å². The molecule has 2 N–H and O–H groups in total. The monoisotopic (exact) mass is 327 g/mol. The van der Waals surface area contributed by atoms with Crippen molar-refractivity contribution in [3.8, 4) is 11.8 Å². The van der Waals surface area contributed by atoms with Crippen molar-refractivity contribution in [1.29, 1.82) is 5.26 Å². The van der Waals surface area contributed by atoms with Crippen LogP contribution < -0.4 is 10.8 Å². The van der Waals surface area contributed by atoms with E-state index in [2.05, 4.69) is 15.9 Å². The lowest BCUT2D eigenvalue weighted by Crippen LogP contribution is -2.23. The van der Waals surface area contributed by atoms with E-state index in [9.17, 15) is 9.18 Å². The Bertz CT molecular complexity index is 866. The zero-order valence-electron chi connectivity index (χ0n) is 12.8. The molecule has 0 atom stereocenters. The zero-order chi connectivity index (χ0) is 17.1. The molecule has 0 saturated heterocycles. The quantitative estimate of drug-likeness (QED) is 0.882. The molecule has 1 aliphatic rings. The Morgan fingerprint density at radius 1 is 1.58 bits per heavy atom. The summed E-state index contributed by atoms with van der Waals surface area (Å²) in [5, 5.41) is 15.5. The Labute approximate surface area is 137 Å². The van der Waals surface area contributed by atoms with Crippen molar-refractivity contribution in [1.82, 2.24) is 20.6 Å². The summed E-state index contributed by atoms with van der Waals surface area (Å²) in [4.78, 5) is 16.2. The van der Waals surface area contributed by atoms with Crippen molar-refractivity contribution in [2.45, 2.75) is 6.92 Å². The van der Waals surface area contributed by atoms with E-state index in [1.807, 2.05) is 6.07 Å². The lowest BCUT2D eigenvalue weighted by molar-refractivity contribution is -0.118. The van der Waals surface area contributed by atoms with E-state index in [1.54, 1.807) is 12.1 Å². The van der Waals surface area contributed by atoms with Crippen LogP contribution in [0.15, 0.2) is 36.2 Å². The molecule has 0 bridgehead atoms. The fourth-order valence-corrected chi connectivity index (χ4v) is 2.33. The van der Waals surface area contributed by atoms with Gasteiger partial charge in [0.05, 0.1) is 24.1 Å². The number of rotatable bonds is 4. The Morgan fingerprint density at radius 3 is 3.08 bits per heavy atom. The molecule has 8 heteroatoms. The van der Waals surface area contributed by atoms with Gasteiger partial charge in [0.25, 0.3) is 0 Å². The zero-order valence-corrected chi connectivity index (χ0v) is 12.8. The second-order valence-corrected chi connectivity index (χ2v) is 5.23. The highest BCUT2D eigenvalue weighted by Gasteiger charge is 2.18. The van der Waals surface area contributed by atoms with Gasteiger partial charge in [0.1, 0.15) is 17.6 Å². The molecule has 122 valence electrons. The summed E-state index contributed by atoms with van der Waals surface area (Å²) in [6.45, 7) is 2.06. The largest absolute Gasteiger partial charge is 0.352 e. The van der Waals surface area contributed by atoms with Crippen molar-refractivity contribution in [3.63, 3.8) is 0 Å². The van der Waals surface area contributed by atoms with Gasteiger partial charge in [0, 0.05) is 30.8 Å². The molecule has 0 spiro atoms. The average molecular weight is 327 g/mol. The van der Waals surface area contributed by atoms with Crippen LogP contribution in [0.2, 0.25) is 0 Å². The minimum absolute atomic E-state index is 0.151. The molecule has 1 aromatic carbocycles. The molecule has 2 heterocycles. The third-order valence-corrected chi connectivity index (χ3v) is 3.52. The predicted molar refractivity (Wildman–Crippen MR) is 82.9 cm³/mol. The van der Waals surface area contributed by atoms with Gasteiger partial charge in [-0.3, -0.25) is 15.1 Å². The lowest BCUT2D eigenvalue weighted by atomic mass is 10.1. The van der Waals surface area contributed by atoms with Gasteiger partial charge in [-0.2, -0.15) is 10.4 Å². The minimum atomic E-state index is -0.486. The molecule has 0 aliphatic carbocycles. The van der Waals surface area contributed by atoms with Crippen LogP contribution in [0.4, 0.5) is 4.39 Å². The second kappa shape index (κ2) is 6.52. The summed E-state index contributed by atoms with van der Waals surface area (Å²) >= 11 is 0. The van der Waals surface area contributed by atoms with E-state index < -0.39 is 5.82 Å². The Hall–Kier alpha value is -3.18. The van der Waals surface area contributed by atoms with E-state index in [0.717, 1.165) is 5.57 Å². The van der Waals surface area contributed by atoms with Gasteiger partial charge >= 0.3 is 0 Å². The normalized spacial score (nSPS) is 13.5. The highest BCUT2D eigenvalue weighted by molar-refractivity contribution is 5.75. The SMILES string of the molecule is CC(=O)NCC1=C(c2ccc(-n3cc(C#N)cn3)c(F)c2)NOC1. The molecule has 7 nitrogen and oxygen atoms in total. The van der Waals surface area contributed by atoms with E-state index >= 15 is 0 Å². The number of halogens is 1.